The zero-order chi connectivity index (χ0) is 32.9. The quantitative estimate of drug-likeness (QED) is 0.119. The molecule has 0 saturated heterocycles. The summed E-state index contributed by atoms with van der Waals surface area (Å²) in [6.07, 6.45) is 0. The monoisotopic (exact) mass is 662 g/mol. The van der Waals surface area contributed by atoms with E-state index >= 15 is 0 Å². The third kappa shape index (κ3) is 6.23. The van der Waals surface area contributed by atoms with Gasteiger partial charge in [-0.05, 0) is 75.8 Å². The van der Waals surface area contributed by atoms with Crippen LogP contribution in [0.3, 0.4) is 0 Å². The maximum atomic E-state index is 5.96. The van der Waals surface area contributed by atoms with Gasteiger partial charge in [0.1, 0.15) is 11.5 Å². The van der Waals surface area contributed by atoms with E-state index in [9.17, 15) is 0 Å². The Labute approximate surface area is 288 Å². The maximum Gasteiger partial charge on any atom is 0.171 e. The number of benzene rings is 7. The molecule has 0 aliphatic rings. The van der Waals surface area contributed by atoms with Gasteiger partial charge >= 0.3 is 0 Å². The van der Waals surface area contributed by atoms with Gasteiger partial charge in [0.25, 0.3) is 0 Å². The number of thiocarbonyl (C=S) groups is 1. The SMILES string of the molecule is COc1cccc(OC)c1CNC(=S)Nc1ccc2ccccc2c1-c1c(P(c2ccccc2)c2ccccc2)ccc2ccccc12. The fourth-order valence-corrected chi connectivity index (χ4v) is 9.03. The summed E-state index contributed by atoms with van der Waals surface area (Å²) in [5.41, 5.74) is 4.17. The summed E-state index contributed by atoms with van der Waals surface area (Å²) < 4.78 is 11.3. The van der Waals surface area contributed by atoms with E-state index in [2.05, 4.69) is 144 Å². The minimum absolute atomic E-state index is 0.439. The largest absolute Gasteiger partial charge is 0.496 e. The highest BCUT2D eigenvalue weighted by Gasteiger charge is 2.25. The second kappa shape index (κ2) is 14.3. The first kappa shape index (κ1) is 31.4. The molecule has 0 radical (unpaired) electrons. The minimum atomic E-state index is -0.904. The van der Waals surface area contributed by atoms with E-state index in [-0.39, 0.29) is 0 Å². The molecule has 0 fully saturated rings. The molecular weight excluding hydrogens is 628 g/mol. The lowest BCUT2D eigenvalue weighted by atomic mass is 9.92. The standard InChI is InChI=1S/C42H35N2O2PS/c1-45-37-22-13-23-38(46-2)35(37)28-43-42(48)44-36-26-24-29-14-9-11-20-33(29)40(36)41-34-21-12-10-15-30(34)25-27-39(41)47(31-16-5-3-6-17-31)32-18-7-4-8-19-32/h3-27H,28H2,1-2H3,(H2,43,44,48). The second-order valence-corrected chi connectivity index (χ2v) is 13.9. The van der Waals surface area contributed by atoms with Crippen molar-refractivity contribution in [3.63, 3.8) is 0 Å². The third-order valence-electron chi connectivity index (χ3n) is 8.56. The molecule has 7 rings (SSSR count). The van der Waals surface area contributed by atoms with Crippen molar-refractivity contribution in [1.29, 1.82) is 0 Å². The lowest BCUT2D eigenvalue weighted by molar-refractivity contribution is 0.384. The molecule has 0 atom stereocenters. The second-order valence-electron chi connectivity index (χ2n) is 11.3. The van der Waals surface area contributed by atoms with Gasteiger partial charge in [0.2, 0.25) is 0 Å². The maximum absolute atomic E-state index is 5.96. The molecule has 0 unspecified atom stereocenters. The molecule has 0 heterocycles. The number of fused-ring (bicyclic) bond motifs is 2. The summed E-state index contributed by atoms with van der Waals surface area (Å²) in [6, 6.07) is 53.7. The van der Waals surface area contributed by atoms with Crippen LogP contribution < -0.4 is 36.0 Å². The lowest BCUT2D eigenvalue weighted by Gasteiger charge is -2.26. The Morgan fingerprint density at radius 3 is 1.67 bits per heavy atom. The highest BCUT2D eigenvalue weighted by Crippen LogP contribution is 2.44. The molecular formula is C42H35N2O2PS. The molecule has 7 aromatic carbocycles. The smallest absolute Gasteiger partial charge is 0.171 e. The van der Waals surface area contributed by atoms with Crippen LogP contribution in [0, 0.1) is 0 Å². The van der Waals surface area contributed by atoms with E-state index in [4.69, 9.17) is 21.7 Å². The van der Waals surface area contributed by atoms with Crippen LogP contribution in [-0.4, -0.2) is 19.3 Å². The molecule has 4 nitrogen and oxygen atoms in total. The average Bonchev–Trinajstić information content (AvgIpc) is 3.15. The molecule has 0 bridgehead atoms. The van der Waals surface area contributed by atoms with E-state index in [0.29, 0.717) is 11.7 Å². The van der Waals surface area contributed by atoms with Crippen LogP contribution in [0.5, 0.6) is 11.5 Å². The van der Waals surface area contributed by atoms with Gasteiger partial charge in [-0.1, -0.05) is 133 Å². The van der Waals surface area contributed by atoms with Crippen molar-refractivity contribution in [3.05, 3.63) is 157 Å². The molecule has 0 aliphatic carbocycles. The number of methoxy groups -OCH3 is 2. The van der Waals surface area contributed by atoms with Crippen LogP contribution in [0.2, 0.25) is 0 Å². The first-order chi connectivity index (χ1) is 23.7. The Kier molecular flexibility index (Phi) is 9.33. The summed E-state index contributed by atoms with van der Waals surface area (Å²) >= 11 is 5.96. The topological polar surface area (TPSA) is 42.5 Å². The summed E-state index contributed by atoms with van der Waals surface area (Å²) in [5, 5.41) is 16.1. The van der Waals surface area contributed by atoms with Crippen molar-refractivity contribution in [3.8, 4) is 22.6 Å². The van der Waals surface area contributed by atoms with Crippen molar-refractivity contribution in [1.82, 2.24) is 5.32 Å². The molecule has 48 heavy (non-hydrogen) atoms. The molecule has 0 aliphatic heterocycles. The lowest BCUT2D eigenvalue weighted by Crippen LogP contribution is -2.29. The van der Waals surface area contributed by atoms with Gasteiger partial charge in [-0.15, -0.1) is 0 Å². The van der Waals surface area contributed by atoms with Crippen LogP contribution in [0.15, 0.2) is 152 Å². The van der Waals surface area contributed by atoms with Gasteiger partial charge in [0, 0.05) is 23.4 Å². The highest BCUT2D eigenvalue weighted by atomic mass is 32.1. The Balaban J connectivity index is 1.41. The fourth-order valence-electron chi connectivity index (χ4n) is 6.37. The van der Waals surface area contributed by atoms with Crippen LogP contribution in [0.4, 0.5) is 5.69 Å². The molecule has 0 aromatic heterocycles. The van der Waals surface area contributed by atoms with Gasteiger partial charge in [-0.25, -0.2) is 0 Å². The molecule has 6 heteroatoms. The summed E-state index contributed by atoms with van der Waals surface area (Å²) in [6.45, 7) is 0.439. The van der Waals surface area contributed by atoms with Gasteiger partial charge in [0.15, 0.2) is 5.11 Å². The summed E-state index contributed by atoms with van der Waals surface area (Å²) in [5.74, 6) is 1.48. The van der Waals surface area contributed by atoms with E-state index in [1.165, 1.54) is 37.6 Å². The van der Waals surface area contributed by atoms with Crippen molar-refractivity contribution in [2.45, 2.75) is 6.54 Å². The number of hydrogen-bond donors (Lipinski definition) is 2. The summed E-state index contributed by atoms with van der Waals surface area (Å²) in [4.78, 5) is 0. The zero-order valence-corrected chi connectivity index (χ0v) is 28.5. The predicted molar refractivity (Wildman–Crippen MR) is 208 cm³/mol. The van der Waals surface area contributed by atoms with Gasteiger partial charge in [-0.3, -0.25) is 0 Å². The number of ether oxygens (including phenoxy) is 2. The van der Waals surface area contributed by atoms with Gasteiger partial charge in [0.05, 0.1) is 19.8 Å². The van der Waals surface area contributed by atoms with Crippen LogP contribution in [-0.2, 0) is 6.54 Å². The first-order valence-electron chi connectivity index (χ1n) is 15.8. The van der Waals surface area contributed by atoms with Crippen molar-refractivity contribution >= 4 is 68.4 Å². The number of nitrogens with one attached hydrogen (secondary N) is 2. The number of anilines is 1. The summed E-state index contributed by atoms with van der Waals surface area (Å²) in [7, 11) is 2.42. The van der Waals surface area contributed by atoms with Gasteiger partial charge < -0.3 is 20.1 Å². The average molecular weight is 663 g/mol. The van der Waals surface area contributed by atoms with E-state index in [1.807, 2.05) is 18.2 Å². The minimum Gasteiger partial charge on any atom is -0.496 e. The Hall–Kier alpha value is -5.22. The molecule has 7 aromatic rings. The predicted octanol–water partition coefficient (Wildman–Crippen LogP) is 8.92. The molecule has 236 valence electrons. The fraction of sp³-hybridized carbons (Fsp3) is 0.0714. The normalized spacial score (nSPS) is 11.1. The Bertz CT molecular complexity index is 2160. The van der Waals surface area contributed by atoms with Crippen LogP contribution in [0.25, 0.3) is 32.7 Å². The van der Waals surface area contributed by atoms with Crippen molar-refractivity contribution < 1.29 is 9.47 Å². The van der Waals surface area contributed by atoms with E-state index in [1.54, 1.807) is 14.2 Å². The first-order valence-corrected chi connectivity index (χ1v) is 17.6. The Morgan fingerprint density at radius 2 is 1.08 bits per heavy atom. The Morgan fingerprint density at radius 1 is 0.562 bits per heavy atom. The molecule has 0 amide bonds. The van der Waals surface area contributed by atoms with Crippen LogP contribution in [0.1, 0.15) is 5.56 Å². The third-order valence-corrected chi connectivity index (χ3v) is 11.3. The van der Waals surface area contributed by atoms with E-state index in [0.717, 1.165) is 33.7 Å². The number of hydrogen-bond acceptors (Lipinski definition) is 3. The van der Waals surface area contributed by atoms with E-state index < -0.39 is 7.92 Å². The highest BCUT2D eigenvalue weighted by molar-refractivity contribution is 7.80. The van der Waals surface area contributed by atoms with Crippen molar-refractivity contribution in [2.75, 3.05) is 19.5 Å². The zero-order valence-electron chi connectivity index (χ0n) is 26.8. The number of rotatable bonds is 9. The molecule has 2 N–H and O–H groups in total. The van der Waals surface area contributed by atoms with Gasteiger partial charge in [-0.2, -0.15) is 0 Å². The van der Waals surface area contributed by atoms with Crippen LogP contribution >= 0.6 is 20.1 Å². The molecule has 0 saturated carbocycles. The van der Waals surface area contributed by atoms with Crippen molar-refractivity contribution in [2.24, 2.45) is 0 Å². The molecule has 0 spiro atoms.